The zero-order valence-electron chi connectivity index (χ0n) is 15.3. The summed E-state index contributed by atoms with van der Waals surface area (Å²) in [5.74, 6) is 1.15. The van der Waals surface area contributed by atoms with E-state index in [1.165, 1.54) is 12.0 Å². The van der Waals surface area contributed by atoms with E-state index in [2.05, 4.69) is 34.6 Å². The van der Waals surface area contributed by atoms with Gasteiger partial charge < -0.3 is 19.9 Å². The molecule has 1 aliphatic carbocycles. The van der Waals surface area contributed by atoms with Gasteiger partial charge in [-0.05, 0) is 18.4 Å². The number of carbonyl (C=O) groups excluding carboxylic acids is 1. The largest absolute Gasteiger partial charge is 0.395 e. The van der Waals surface area contributed by atoms with Gasteiger partial charge in [0.25, 0.3) is 0 Å². The number of hydrogen-bond donors (Lipinski definition) is 2. The maximum absolute atomic E-state index is 12.9. The lowest BCUT2D eigenvalue weighted by atomic mass is 9.80. The van der Waals surface area contributed by atoms with Gasteiger partial charge in [0.1, 0.15) is 5.82 Å². The summed E-state index contributed by atoms with van der Waals surface area (Å²) in [5.41, 5.74) is 1.29. The second-order valence-corrected chi connectivity index (χ2v) is 6.96. The van der Waals surface area contributed by atoms with E-state index in [1.807, 2.05) is 23.9 Å². The number of urea groups is 1. The first-order chi connectivity index (χ1) is 12.7. The molecule has 1 aromatic heterocycles. The Bertz CT molecular complexity index is 701. The van der Waals surface area contributed by atoms with Crippen molar-refractivity contribution >= 4 is 6.03 Å². The smallest absolute Gasteiger partial charge is 0.318 e. The summed E-state index contributed by atoms with van der Waals surface area (Å²) in [6, 6.07) is 10.4. The number of imidazole rings is 1. The van der Waals surface area contributed by atoms with Crippen LogP contribution >= 0.6 is 0 Å². The standard InChI is InChI=1S/C20H28N4O2/c1-23-12-11-21-19(23)15-24(13-14-25)20(26)22-18-10-6-5-9-17(18)16-7-3-2-4-8-16/h2-4,7-8,11-12,17-18,25H,5-6,9-10,13-15H2,1H3,(H,22,26)/t17-,18+/m0/s1. The second kappa shape index (κ2) is 8.85. The van der Waals surface area contributed by atoms with E-state index in [0.717, 1.165) is 25.1 Å². The molecule has 1 aromatic carbocycles. The van der Waals surface area contributed by atoms with E-state index in [1.54, 1.807) is 11.1 Å². The summed E-state index contributed by atoms with van der Waals surface area (Å²) in [7, 11) is 1.91. The van der Waals surface area contributed by atoms with E-state index in [0.29, 0.717) is 19.0 Å². The molecule has 140 valence electrons. The first kappa shape index (κ1) is 18.5. The van der Waals surface area contributed by atoms with Crippen molar-refractivity contribution in [1.82, 2.24) is 19.8 Å². The number of nitrogens with zero attached hydrogens (tertiary/aromatic N) is 3. The molecule has 0 radical (unpaired) electrons. The van der Waals surface area contributed by atoms with E-state index in [4.69, 9.17) is 0 Å². The van der Waals surface area contributed by atoms with Crippen molar-refractivity contribution in [3.05, 3.63) is 54.1 Å². The Hall–Kier alpha value is -2.34. The van der Waals surface area contributed by atoms with Crippen LogP contribution in [0, 0.1) is 0 Å². The molecule has 1 fully saturated rings. The molecule has 6 nitrogen and oxygen atoms in total. The third-order valence-corrected chi connectivity index (χ3v) is 5.21. The summed E-state index contributed by atoms with van der Waals surface area (Å²) < 4.78 is 1.89. The molecule has 0 aliphatic heterocycles. The molecule has 1 heterocycles. The maximum atomic E-state index is 12.9. The van der Waals surface area contributed by atoms with Crippen molar-refractivity contribution in [3.8, 4) is 0 Å². The maximum Gasteiger partial charge on any atom is 0.318 e. The molecule has 0 bridgehead atoms. The lowest BCUT2D eigenvalue weighted by molar-refractivity contribution is 0.164. The number of rotatable bonds is 6. The lowest BCUT2D eigenvalue weighted by Gasteiger charge is -2.34. The van der Waals surface area contributed by atoms with Crippen LogP contribution in [-0.4, -0.2) is 44.8 Å². The minimum Gasteiger partial charge on any atom is -0.395 e. The molecule has 0 unspecified atom stereocenters. The van der Waals surface area contributed by atoms with Crippen molar-refractivity contribution in [1.29, 1.82) is 0 Å². The van der Waals surface area contributed by atoms with Crippen molar-refractivity contribution < 1.29 is 9.90 Å². The van der Waals surface area contributed by atoms with Crippen molar-refractivity contribution in [2.45, 2.75) is 44.2 Å². The van der Waals surface area contributed by atoms with Gasteiger partial charge in [-0.1, -0.05) is 43.2 Å². The van der Waals surface area contributed by atoms with Gasteiger partial charge in [0.15, 0.2) is 0 Å². The molecule has 3 rings (SSSR count). The first-order valence-corrected chi connectivity index (χ1v) is 9.36. The first-order valence-electron chi connectivity index (χ1n) is 9.36. The van der Waals surface area contributed by atoms with E-state index in [-0.39, 0.29) is 18.7 Å². The van der Waals surface area contributed by atoms with Crippen LogP contribution in [-0.2, 0) is 13.6 Å². The van der Waals surface area contributed by atoms with Crippen LogP contribution in [0.5, 0.6) is 0 Å². The van der Waals surface area contributed by atoms with Gasteiger partial charge in [-0.2, -0.15) is 0 Å². The average Bonchev–Trinajstić information content (AvgIpc) is 3.07. The van der Waals surface area contributed by atoms with Crippen LogP contribution in [0.3, 0.4) is 0 Å². The van der Waals surface area contributed by atoms with Gasteiger partial charge >= 0.3 is 6.03 Å². The van der Waals surface area contributed by atoms with Gasteiger partial charge in [-0.3, -0.25) is 0 Å². The number of nitrogens with one attached hydrogen (secondary N) is 1. The summed E-state index contributed by atoms with van der Waals surface area (Å²) in [6.07, 6.45) is 7.98. The fourth-order valence-electron chi connectivity index (χ4n) is 3.75. The third-order valence-electron chi connectivity index (χ3n) is 5.21. The molecular formula is C20H28N4O2. The van der Waals surface area contributed by atoms with Crippen LogP contribution in [0.1, 0.15) is 43.0 Å². The molecule has 2 amide bonds. The number of aromatic nitrogens is 2. The summed E-state index contributed by atoms with van der Waals surface area (Å²) >= 11 is 0. The van der Waals surface area contributed by atoms with Crippen LogP contribution in [0.15, 0.2) is 42.7 Å². The van der Waals surface area contributed by atoms with Crippen molar-refractivity contribution in [2.75, 3.05) is 13.2 Å². The Morgan fingerprint density at radius 3 is 2.77 bits per heavy atom. The van der Waals surface area contributed by atoms with Gasteiger partial charge in [0, 0.05) is 37.9 Å². The van der Waals surface area contributed by atoms with Crippen LogP contribution < -0.4 is 5.32 Å². The van der Waals surface area contributed by atoms with Crippen LogP contribution in [0.2, 0.25) is 0 Å². The highest BCUT2D eigenvalue weighted by Gasteiger charge is 2.29. The normalized spacial score (nSPS) is 19.9. The Balaban J connectivity index is 1.69. The number of amides is 2. The van der Waals surface area contributed by atoms with Crippen LogP contribution in [0.4, 0.5) is 4.79 Å². The minimum atomic E-state index is -0.130. The Morgan fingerprint density at radius 2 is 2.08 bits per heavy atom. The highest BCUT2D eigenvalue weighted by molar-refractivity contribution is 5.74. The molecule has 0 saturated heterocycles. The highest BCUT2D eigenvalue weighted by Crippen LogP contribution is 2.33. The predicted octanol–water partition coefficient (Wildman–Crippen LogP) is 2.65. The SMILES string of the molecule is Cn1ccnc1CN(CCO)C(=O)N[C@@H]1CCCC[C@H]1c1ccccc1. The van der Waals surface area contributed by atoms with Crippen molar-refractivity contribution in [3.63, 3.8) is 0 Å². The Kier molecular flexibility index (Phi) is 6.28. The monoisotopic (exact) mass is 356 g/mol. The number of benzene rings is 1. The second-order valence-electron chi connectivity index (χ2n) is 6.96. The predicted molar refractivity (Wildman–Crippen MR) is 101 cm³/mol. The van der Waals surface area contributed by atoms with E-state index >= 15 is 0 Å². The molecule has 2 atom stereocenters. The number of carbonyl (C=O) groups is 1. The van der Waals surface area contributed by atoms with Gasteiger partial charge in [-0.25, -0.2) is 9.78 Å². The summed E-state index contributed by atoms with van der Waals surface area (Å²) in [4.78, 5) is 18.8. The summed E-state index contributed by atoms with van der Waals surface area (Å²) in [5, 5.41) is 12.6. The zero-order valence-corrected chi connectivity index (χ0v) is 15.3. The fraction of sp³-hybridized carbons (Fsp3) is 0.500. The average molecular weight is 356 g/mol. The van der Waals surface area contributed by atoms with Gasteiger partial charge in [0.05, 0.1) is 13.2 Å². The van der Waals surface area contributed by atoms with E-state index < -0.39 is 0 Å². The number of aliphatic hydroxyl groups excluding tert-OH is 1. The molecule has 26 heavy (non-hydrogen) atoms. The van der Waals surface area contributed by atoms with E-state index in [9.17, 15) is 9.90 Å². The van der Waals surface area contributed by atoms with Gasteiger partial charge in [-0.15, -0.1) is 0 Å². The molecule has 1 saturated carbocycles. The quantitative estimate of drug-likeness (QED) is 0.836. The van der Waals surface area contributed by atoms with Gasteiger partial charge in [0.2, 0.25) is 0 Å². The minimum absolute atomic E-state index is 0.0649. The third kappa shape index (κ3) is 4.43. The molecule has 2 aromatic rings. The zero-order chi connectivity index (χ0) is 18.4. The van der Waals surface area contributed by atoms with Crippen LogP contribution in [0.25, 0.3) is 0 Å². The topological polar surface area (TPSA) is 70.4 Å². The Morgan fingerprint density at radius 1 is 1.31 bits per heavy atom. The number of aliphatic hydroxyl groups is 1. The Labute approximate surface area is 154 Å². The number of aryl methyl sites for hydroxylation is 1. The molecular weight excluding hydrogens is 328 g/mol. The number of hydrogen-bond acceptors (Lipinski definition) is 3. The summed E-state index contributed by atoms with van der Waals surface area (Å²) in [6.45, 7) is 0.616. The molecule has 0 spiro atoms. The molecule has 1 aliphatic rings. The lowest BCUT2D eigenvalue weighted by Crippen LogP contribution is -2.48. The van der Waals surface area contributed by atoms with Crippen molar-refractivity contribution in [2.24, 2.45) is 7.05 Å². The molecule has 2 N–H and O–H groups in total. The molecule has 6 heteroatoms. The fourth-order valence-corrected chi connectivity index (χ4v) is 3.75. The highest BCUT2D eigenvalue weighted by atomic mass is 16.3.